The van der Waals surface area contributed by atoms with Crippen LogP contribution in [0.25, 0.3) is 22.4 Å². The van der Waals surface area contributed by atoms with Crippen LogP contribution in [0.3, 0.4) is 0 Å². The van der Waals surface area contributed by atoms with E-state index in [1.54, 1.807) is 6.07 Å². The van der Waals surface area contributed by atoms with Gasteiger partial charge in [-0.15, -0.1) is 0 Å². The number of nitrogens with zero attached hydrogens (tertiary/aromatic N) is 4. The lowest BCUT2D eigenvalue weighted by Crippen LogP contribution is -2.38. The van der Waals surface area contributed by atoms with Crippen molar-refractivity contribution in [3.05, 3.63) is 50.9 Å². The maximum Gasteiger partial charge on any atom is 0.332 e. The molecule has 2 heterocycles. The highest BCUT2D eigenvalue weighted by Gasteiger charge is 2.20. The number of nitrogens with one attached hydrogen (secondary N) is 1. The lowest BCUT2D eigenvalue weighted by Gasteiger charge is -2.22. The molecule has 1 aliphatic rings. The van der Waals surface area contributed by atoms with E-state index in [4.69, 9.17) is 0 Å². The number of hydrogen-bond acceptors (Lipinski definition) is 6. The van der Waals surface area contributed by atoms with Gasteiger partial charge in [0.2, 0.25) is 5.91 Å². The van der Waals surface area contributed by atoms with Crippen molar-refractivity contribution >= 4 is 28.7 Å². The number of aryl methyl sites for hydroxylation is 1. The Hall–Kier alpha value is -3.01. The molecule has 1 aromatic carbocycles. The van der Waals surface area contributed by atoms with Gasteiger partial charge in [-0.05, 0) is 25.0 Å². The van der Waals surface area contributed by atoms with E-state index < -0.39 is 17.1 Å². The Morgan fingerprint density at radius 2 is 1.91 bits per heavy atom. The molecule has 0 unspecified atom stereocenters. The van der Waals surface area contributed by atoms with Gasteiger partial charge in [-0.25, -0.2) is 19.2 Å². The Kier molecular flexibility index (Phi) is 6.40. The van der Waals surface area contributed by atoms with Gasteiger partial charge in [-0.2, -0.15) is 0 Å². The molecule has 0 aliphatic heterocycles. The van der Waals surface area contributed by atoms with Gasteiger partial charge in [-0.1, -0.05) is 43.2 Å². The maximum absolute atomic E-state index is 13.8. The second-order valence-electron chi connectivity index (χ2n) is 7.96. The standard InChI is InChI=1S/C22H24FN5O3S/c1-27-19-17(21(30)28(2)22(27)31)20(26-18(25-19)13-7-6-8-14(23)11-13)32-12-16(29)24-15-9-4-3-5-10-15/h6-8,11,15H,3-5,9-10,12H2,1-2H3,(H,24,29). The summed E-state index contributed by atoms with van der Waals surface area (Å²) in [7, 11) is 2.89. The fourth-order valence-corrected chi connectivity index (χ4v) is 4.77. The second-order valence-corrected chi connectivity index (χ2v) is 8.92. The summed E-state index contributed by atoms with van der Waals surface area (Å²) in [6.07, 6.45) is 5.35. The summed E-state index contributed by atoms with van der Waals surface area (Å²) < 4.78 is 16.0. The van der Waals surface area contributed by atoms with Crippen molar-refractivity contribution < 1.29 is 9.18 Å². The monoisotopic (exact) mass is 457 g/mol. The number of carbonyl (C=O) groups is 1. The normalized spacial score (nSPS) is 14.6. The first-order valence-corrected chi connectivity index (χ1v) is 11.5. The number of hydrogen-bond donors (Lipinski definition) is 1. The van der Waals surface area contributed by atoms with E-state index in [0.717, 1.165) is 42.0 Å². The van der Waals surface area contributed by atoms with Crippen LogP contribution in [0, 0.1) is 5.82 Å². The summed E-state index contributed by atoms with van der Waals surface area (Å²) in [5, 5.41) is 3.49. The summed E-state index contributed by atoms with van der Waals surface area (Å²) in [6, 6.07) is 5.95. The summed E-state index contributed by atoms with van der Waals surface area (Å²) in [5.41, 5.74) is -0.516. The van der Waals surface area contributed by atoms with E-state index in [-0.39, 0.29) is 39.6 Å². The third-order valence-corrected chi connectivity index (χ3v) is 6.64. The van der Waals surface area contributed by atoms with Crippen molar-refractivity contribution in [1.82, 2.24) is 24.4 Å². The lowest BCUT2D eigenvalue weighted by atomic mass is 9.95. The van der Waals surface area contributed by atoms with Gasteiger partial charge in [0.05, 0.1) is 5.75 Å². The van der Waals surface area contributed by atoms with Gasteiger partial charge in [0, 0.05) is 25.7 Å². The SMILES string of the molecule is Cn1c(=O)c2c(SCC(=O)NC3CCCCC3)nc(-c3cccc(F)c3)nc2n(C)c1=O. The van der Waals surface area contributed by atoms with E-state index in [0.29, 0.717) is 5.56 Å². The number of benzene rings is 1. The molecule has 3 aromatic rings. The number of amides is 1. The van der Waals surface area contributed by atoms with Crippen LogP contribution in [0.15, 0.2) is 38.9 Å². The zero-order valence-electron chi connectivity index (χ0n) is 17.9. The van der Waals surface area contributed by atoms with Crippen molar-refractivity contribution in [2.75, 3.05) is 5.75 Å². The van der Waals surface area contributed by atoms with Gasteiger partial charge in [-0.3, -0.25) is 18.7 Å². The van der Waals surface area contributed by atoms with Gasteiger partial charge < -0.3 is 5.32 Å². The van der Waals surface area contributed by atoms with Crippen molar-refractivity contribution in [3.8, 4) is 11.4 Å². The minimum Gasteiger partial charge on any atom is -0.353 e. The van der Waals surface area contributed by atoms with Gasteiger partial charge in [0.25, 0.3) is 5.56 Å². The van der Waals surface area contributed by atoms with Crippen LogP contribution in [-0.4, -0.2) is 36.8 Å². The average Bonchev–Trinajstić information content (AvgIpc) is 2.80. The highest BCUT2D eigenvalue weighted by molar-refractivity contribution is 8.00. The Morgan fingerprint density at radius 3 is 2.62 bits per heavy atom. The van der Waals surface area contributed by atoms with Crippen molar-refractivity contribution in [2.24, 2.45) is 14.1 Å². The van der Waals surface area contributed by atoms with Crippen LogP contribution in [-0.2, 0) is 18.9 Å². The third-order valence-electron chi connectivity index (χ3n) is 5.66. The molecule has 10 heteroatoms. The van der Waals surface area contributed by atoms with E-state index in [1.807, 2.05) is 0 Å². The number of carbonyl (C=O) groups excluding carboxylic acids is 1. The number of thioether (sulfide) groups is 1. The molecule has 2 aromatic heterocycles. The van der Waals surface area contributed by atoms with E-state index in [9.17, 15) is 18.8 Å². The number of fused-ring (bicyclic) bond motifs is 1. The first-order valence-electron chi connectivity index (χ1n) is 10.5. The molecule has 8 nitrogen and oxygen atoms in total. The number of rotatable bonds is 5. The molecule has 0 atom stereocenters. The molecule has 0 spiro atoms. The predicted molar refractivity (Wildman–Crippen MR) is 121 cm³/mol. The molecule has 1 N–H and O–H groups in total. The Balaban J connectivity index is 1.74. The topological polar surface area (TPSA) is 98.9 Å². The van der Waals surface area contributed by atoms with Crippen LogP contribution in [0.2, 0.25) is 0 Å². The smallest absolute Gasteiger partial charge is 0.332 e. The fraction of sp³-hybridized carbons (Fsp3) is 0.409. The molecule has 0 saturated heterocycles. The maximum atomic E-state index is 13.8. The zero-order valence-corrected chi connectivity index (χ0v) is 18.7. The molecule has 168 valence electrons. The zero-order chi connectivity index (χ0) is 22.8. The van der Waals surface area contributed by atoms with Crippen LogP contribution in [0.5, 0.6) is 0 Å². The first kappa shape index (κ1) is 22.2. The van der Waals surface area contributed by atoms with Gasteiger partial charge >= 0.3 is 5.69 Å². The van der Waals surface area contributed by atoms with Crippen LogP contribution in [0.1, 0.15) is 32.1 Å². The summed E-state index contributed by atoms with van der Waals surface area (Å²) in [4.78, 5) is 46.7. The molecule has 0 radical (unpaired) electrons. The lowest BCUT2D eigenvalue weighted by molar-refractivity contribution is -0.119. The van der Waals surface area contributed by atoms with Crippen molar-refractivity contribution in [1.29, 1.82) is 0 Å². The van der Waals surface area contributed by atoms with Crippen molar-refractivity contribution in [2.45, 2.75) is 43.2 Å². The molecule has 1 saturated carbocycles. The minimum absolute atomic E-state index is 0.0667. The molecule has 1 amide bonds. The first-order chi connectivity index (χ1) is 15.3. The molecule has 32 heavy (non-hydrogen) atoms. The van der Waals surface area contributed by atoms with Gasteiger partial charge in [0.1, 0.15) is 16.2 Å². The predicted octanol–water partition coefficient (Wildman–Crippen LogP) is 2.37. The van der Waals surface area contributed by atoms with Crippen molar-refractivity contribution in [3.63, 3.8) is 0 Å². The van der Waals surface area contributed by atoms with E-state index in [1.165, 1.54) is 43.3 Å². The Labute approximate surface area is 187 Å². The molecular weight excluding hydrogens is 433 g/mol. The summed E-state index contributed by atoms with van der Waals surface area (Å²) in [6.45, 7) is 0. The number of aromatic nitrogens is 4. The molecule has 0 bridgehead atoms. The molecule has 1 aliphatic carbocycles. The quantitative estimate of drug-likeness (QED) is 0.467. The van der Waals surface area contributed by atoms with Gasteiger partial charge in [0.15, 0.2) is 11.5 Å². The van der Waals surface area contributed by atoms with Crippen LogP contribution < -0.4 is 16.6 Å². The highest BCUT2D eigenvalue weighted by Crippen LogP contribution is 2.26. The second kappa shape index (κ2) is 9.23. The minimum atomic E-state index is -0.538. The Morgan fingerprint density at radius 1 is 1.16 bits per heavy atom. The number of halogens is 1. The summed E-state index contributed by atoms with van der Waals surface area (Å²) >= 11 is 1.11. The third kappa shape index (κ3) is 4.45. The fourth-order valence-electron chi connectivity index (χ4n) is 3.94. The van der Waals surface area contributed by atoms with Crippen LogP contribution >= 0.6 is 11.8 Å². The summed E-state index contributed by atoms with van der Waals surface area (Å²) in [5.74, 6) is -0.347. The molecule has 1 fully saturated rings. The molecule has 4 rings (SSSR count). The van der Waals surface area contributed by atoms with E-state index in [2.05, 4.69) is 15.3 Å². The van der Waals surface area contributed by atoms with Crippen LogP contribution in [0.4, 0.5) is 4.39 Å². The van der Waals surface area contributed by atoms with E-state index >= 15 is 0 Å². The largest absolute Gasteiger partial charge is 0.353 e. The molecular formula is C22H24FN5O3S. The average molecular weight is 458 g/mol. The highest BCUT2D eigenvalue weighted by atomic mass is 32.2. The Bertz CT molecular complexity index is 1300.